The molecule has 0 aliphatic carbocycles. The van der Waals surface area contributed by atoms with Crippen molar-refractivity contribution in [2.24, 2.45) is 0 Å². The maximum Gasteiger partial charge on any atom is 0.242 e. The van der Waals surface area contributed by atoms with Gasteiger partial charge in [0.1, 0.15) is 5.75 Å². The molecule has 1 N–H and O–H groups in total. The number of benzene rings is 1. The first-order valence-electron chi connectivity index (χ1n) is 6.32. The molecule has 1 aromatic rings. The van der Waals surface area contributed by atoms with E-state index in [1.165, 1.54) is 18.4 Å². The molecule has 0 amide bonds. The monoisotopic (exact) mass is 286 g/mol. The molecule has 0 radical (unpaired) electrons. The Kier molecular flexibility index (Phi) is 5.78. The Labute approximate surface area is 115 Å². The summed E-state index contributed by atoms with van der Waals surface area (Å²) in [7, 11) is -0.359. The van der Waals surface area contributed by atoms with Gasteiger partial charge in [-0.1, -0.05) is 6.92 Å². The molecule has 0 aliphatic rings. The second kappa shape index (κ2) is 6.88. The number of nitrogens with zero attached hydrogens (tertiary/aromatic N) is 1. The standard InChI is InChI=1S/C13H22N2O3S/c1-5-14-10-11-9-12(19(16,17)15(3)4)7-8-13(11)18-6-2/h7-9,14H,5-6,10H2,1-4H3. The lowest BCUT2D eigenvalue weighted by molar-refractivity contribution is 0.335. The number of nitrogens with one attached hydrogen (secondary N) is 1. The molecule has 1 rings (SSSR count). The van der Waals surface area contributed by atoms with Crippen LogP contribution in [0.15, 0.2) is 23.1 Å². The zero-order valence-corrected chi connectivity index (χ0v) is 12.8. The fourth-order valence-corrected chi connectivity index (χ4v) is 2.57. The van der Waals surface area contributed by atoms with Crippen molar-refractivity contribution >= 4 is 10.0 Å². The molecule has 0 aromatic heterocycles. The van der Waals surface area contributed by atoms with Crippen LogP contribution in [0.3, 0.4) is 0 Å². The first-order valence-corrected chi connectivity index (χ1v) is 7.76. The van der Waals surface area contributed by atoms with Gasteiger partial charge in [-0.15, -0.1) is 0 Å². The van der Waals surface area contributed by atoms with Crippen molar-refractivity contribution in [3.8, 4) is 5.75 Å². The van der Waals surface area contributed by atoms with Crippen molar-refractivity contribution < 1.29 is 13.2 Å². The second-order valence-corrected chi connectivity index (χ2v) is 6.42. The van der Waals surface area contributed by atoms with E-state index in [9.17, 15) is 8.42 Å². The Morgan fingerprint density at radius 2 is 1.95 bits per heavy atom. The van der Waals surface area contributed by atoms with Gasteiger partial charge in [-0.3, -0.25) is 0 Å². The van der Waals surface area contributed by atoms with Crippen LogP contribution in [0, 0.1) is 0 Å². The summed E-state index contributed by atoms with van der Waals surface area (Å²) in [4.78, 5) is 0.286. The average molecular weight is 286 g/mol. The fourth-order valence-electron chi connectivity index (χ4n) is 1.62. The quantitative estimate of drug-likeness (QED) is 0.824. The van der Waals surface area contributed by atoms with Crippen LogP contribution in [-0.2, 0) is 16.6 Å². The Bertz CT molecular complexity index is 513. The van der Waals surface area contributed by atoms with Gasteiger partial charge in [0, 0.05) is 26.2 Å². The number of rotatable bonds is 7. The molecule has 5 nitrogen and oxygen atoms in total. The van der Waals surface area contributed by atoms with Crippen molar-refractivity contribution in [1.82, 2.24) is 9.62 Å². The zero-order chi connectivity index (χ0) is 14.5. The maximum atomic E-state index is 12.1. The third kappa shape index (κ3) is 3.92. The first kappa shape index (κ1) is 15.9. The van der Waals surface area contributed by atoms with Crippen molar-refractivity contribution in [2.45, 2.75) is 25.3 Å². The molecular formula is C13H22N2O3S. The fraction of sp³-hybridized carbons (Fsp3) is 0.538. The highest BCUT2D eigenvalue weighted by atomic mass is 32.2. The molecule has 19 heavy (non-hydrogen) atoms. The van der Waals surface area contributed by atoms with Crippen molar-refractivity contribution in [2.75, 3.05) is 27.2 Å². The van der Waals surface area contributed by atoms with Crippen LogP contribution in [0.2, 0.25) is 0 Å². The zero-order valence-electron chi connectivity index (χ0n) is 11.9. The van der Waals surface area contributed by atoms with Gasteiger partial charge in [0.25, 0.3) is 0 Å². The topological polar surface area (TPSA) is 58.6 Å². The SMILES string of the molecule is CCNCc1cc(S(=O)(=O)N(C)C)ccc1OCC. The number of hydrogen-bond donors (Lipinski definition) is 1. The normalized spacial score (nSPS) is 11.8. The molecule has 0 aliphatic heterocycles. The molecule has 0 spiro atoms. The van der Waals surface area contributed by atoms with E-state index in [1.807, 2.05) is 13.8 Å². The first-order chi connectivity index (χ1) is 8.93. The van der Waals surface area contributed by atoms with Crippen LogP contribution in [-0.4, -0.2) is 40.0 Å². The van der Waals surface area contributed by atoms with Crippen molar-refractivity contribution in [3.63, 3.8) is 0 Å². The summed E-state index contributed by atoms with van der Waals surface area (Å²) >= 11 is 0. The van der Waals surface area contributed by atoms with Crippen LogP contribution in [0.4, 0.5) is 0 Å². The van der Waals surface area contributed by atoms with Gasteiger partial charge in [-0.05, 0) is 31.7 Å². The van der Waals surface area contributed by atoms with Crippen LogP contribution in [0.1, 0.15) is 19.4 Å². The highest BCUT2D eigenvalue weighted by Crippen LogP contribution is 2.24. The molecule has 0 saturated heterocycles. The summed E-state index contributed by atoms with van der Waals surface area (Å²) in [6.07, 6.45) is 0. The lowest BCUT2D eigenvalue weighted by atomic mass is 10.2. The van der Waals surface area contributed by atoms with Crippen molar-refractivity contribution in [3.05, 3.63) is 23.8 Å². The van der Waals surface area contributed by atoms with E-state index in [2.05, 4.69) is 5.32 Å². The molecular weight excluding hydrogens is 264 g/mol. The molecule has 0 fully saturated rings. The summed E-state index contributed by atoms with van der Waals surface area (Å²) in [6.45, 7) is 5.86. The molecule has 0 heterocycles. The van der Waals surface area contributed by atoms with Gasteiger partial charge in [0.2, 0.25) is 10.0 Å². The Morgan fingerprint density at radius 3 is 2.47 bits per heavy atom. The van der Waals surface area contributed by atoms with Gasteiger partial charge >= 0.3 is 0 Å². The summed E-state index contributed by atoms with van der Waals surface area (Å²) in [5.74, 6) is 0.723. The lowest BCUT2D eigenvalue weighted by Crippen LogP contribution is -2.22. The minimum atomic E-state index is -3.41. The highest BCUT2D eigenvalue weighted by molar-refractivity contribution is 7.89. The smallest absolute Gasteiger partial charge is 0.242 e. The summed E-state index contributed by atoms with van der Waals surface area (Å²) < 4.78 is 30.9. The minimum absolute atomic E-state index is 0.286. The predicted molar refractivity (Wildman–Crippen MR) is 75.9 cm³/mol. The van der Waals surface area contributed by atoms with E-state index in [4.69, 9.17) is 4.74 Å². The predicted octanol–water partition coefficient (Wildman–Crippen LogP) is 1.45. The van der Waals surface area contributed by atoms with E-state index in [-0.39, 0.29) is 4.90 Å². The molecule has 0 bridgehead atoms. The van der Waals surface area contributed by atoms with Crippen LogP contribution >= 0.6 is 0 Å². The molecule has 6 heteroatoms. The Balaban J connectivity index is 3.17. The van der Waals surface area contributed by atoms with Crippen LogP contribution in [0.25, 0.3) is 0 Å². The number of ether oxygens (including phenoxy) is 1. The van der Waals surface area contributed by atoms with Gasteiger partial charge in [-0.25, -0.2) is 12.7 Å². The van der Waals surface area contributed by atoms with E-state index in [0.717, 1.165) is 17.9 Å². The van der Waals surface area contributed by atoms with Crippen LogP contribution in [0.5, 0.6) is 5.75 Å². The third-order valence-corrected chi connectivity index (χ3v) is 4.49. The Morgan fingerprint density at radius 1 is 1.26 bits per heavy atom. The van der Waals surface area contributed by atoms with Crippen molar-refractivity contribution in [1.29, 1.82) is 0 Å². The van der Waals surface area contributed by atoms with E-state index >= 15 is 0 Å². The largest absolute Gasteiger partial charge is 0.494 e. The number of sulfonamides is 1. The Hall–Kier alpha value is -1.11. The van der Waals surface area contributed by atoms with Gasteiger partial charge in [0.15, 0.2) is 0 Å². The molecule has 0 saturated carbocycles. The average Bonchev–Trinajstić information content (AvgIpc) is 2.37. The van der Waals surface area contributed by atoms with Gasteiger partial charge in [-0.2, -0.15) is 0 Å². The maximum absolute atomic E-state index is 12.1. The van der Waals surface area contributed by atoms with E-state index < -0.39 is 10.0 Å². The molecule has 1 aromatic carbocycles. The molecule has 0 unspecified atom stereocenters. The lowest BCUT2D eigenvalue weighted by Gasteiger charge is -2.15. The highest BCUT2D eigenvalue weighted by Gasteiger charge is 2.18. The minimum Gasteiger partial charge on any atom is -0.494 e. The third-order valence-electron chi connectivity index (χ3n) is 2.68. The van der Waals surface area contributed by atoms with Gasteiger partial charge < -0.3 is 10.1 Å². The molecule has 0 atom stereocenters. The summed E-state index contributed by atoms with van der Waals surface area (Å²) in [6, 6.07) is 4.96. The van der Waals surface area contributed by atoms with E-state index in [0.29, 0.717) is 13.2 Å². The number of hydrogen-bond acceptors (Lipinski definition) is 4. The summed E-state index contributed by atoms with van der Waals surface area (Å²) in [5.41, 5.74) is 0.853. The second-order valence-electron chi connectivity index (χ2n) is 4.27. The van der Waals surface area contributed by atoms with E-state index in [1.54, 1.807) is 18.2 Å². The summed E-state index contributed by atoms with van der Waals surface area (Å²) in [5, 5.41) is 3.18. The van der Waals surface area contributed by atoms with Gasteiger partial charge in [0.05, 0.1) is 11.5 Å². The molecule has 108 valence electrons. The van der Waals surface area contributed by atoms with Crippen LogP contribution < -0.4 is 10.1 Å².